The Morgan fingerprint density at radius 2 is 1.07 bits per heavy atom. The van der Waals surface area contributed by atoms with E-state index in [0.717, 1.165) is 6.42 Å². The normalized spacial score (nSPS) is 13.7. The Balaban J connectivity index is 0.00000221. The van der Waals surface area contributed by atoms with Gasteiger partial charge in [0.1, 0.15) is 0 Å². The molecule has 0 fully saturated rings. The standard InChI is InChI=1S/C23H29.C12H10Si.C5H5.2ClH.Zr/c1-14-9-16-11-17-10-15(2)21(23(6,7)8)13-19(17)18(16)12-20(14)22(3,4)5;1-3-7-11(8-4-1)13-12-9-5-2-6-10-12;1-2-4-5-3-1;;;/h9-13H,1-8H3;1-10H;1-3H,4H2;2*1H;/q;;;;;+2/p-2. The topological polar surface area (TPSA) is 0 Å². The summed E-state index contributed by atoms with van der Waals surface area (Å²) in [5.74, 6) is 0. The minimum absolute atomic E-state index is 0. The molecule has 0 heterocycles. The fourth-order valence-electron chi connectivity index (χ4n) is 7.32. The van der Waals surface area contributed by atoms with Gasteiger partial charge in [-0.25, -0.2) is 0 Å². The van der Waals surface area contributed by atoms with Crippen molar-refractivity contribution in [3.63, 3.8) is 0 Å². The third kappa shape index (κ3) is 6.48. The van der Waals surface area contributed by atoms with E-state index in [1.54, 1.807) is 24.8 Å². The van der Waals surface area contributed by atoms with Crippen LogP contribution < -0.4 is 35.2 Å². The zero-order valence-electron chi connectivity index (χ0n) is 27.4. The summed E-state index contributed by atoms with van der Waals surface area (Å²) in [6.45, 7) is 18.9. The van der Waals surface area contributed by atoms with E-state index in [1.807, 2.05) is 0 Å². The SMILES string of the molecule is Cc1cc2c(cc1C(C)(C)C)-c1cc(C(C)(C)C)c(C)cc1[CH]2[Zr+2]([C]1=CC=CC1)=[Si](c1ccccc1)c1ccccc1.[Cl-].[Cl-]. The zero-order valence-corrected chi connectivity index (χ0v) is 32.3. The van der Waals surface area contributed by atoms with Gasteiger partial charge in [0.15, 0.2) is 0 Å². The van der Waals surface area contributed by atoms with Crippen LogP contribution in [-0.2, 0) is 31.2 Å². The van der Waals surface area contributed by atoms with Crippen LogP contribution in [0.1, 0.15) is 85.0 Å². The molecule has 4 aromatic rings. The maximum atomic E-state index is 2.62. The fraction of sp³-hybridized carbons (Fsp3) is 0.300. The zero-order chi connectivity index (χ0) is 29.8. The van der Waals surface area contributed by atoms with Crippen molar-refractivity contribution in [3.05, 3.63) is 140 Å². The molecule has 0 aromatic heterocycles. The number of allylic oxidation sites excluding steroid dienone is 4. The first-order chi connectivity index (χ1) is 19.9. The summed E-state index contributed by atoms with van der Waals surface area (Å²) in [4.78, 5) is 0. The number of aryl methyl sites for hydroxylation is 2. The van der Waals surface area contributed by atoms with Gasteiger partial charge in [-0.1, -0.05) is 0 Å². The average Bonchev–Trinajstić information content (AvgIpc) is 3.57. The summed E-state index contributed by atoms with van der Waals surface area (Å²) in [6.07, 6.45) is 8.39. The summed E-state index contributed by atoms with van der Waals surface area (Å²) in [7, 11) is 0. The van der Waals surface area contributed by atoms with Crippen LogP contribution in [0.4, 0.5) is 0 Å². The van der Waals surface area contributed by atoms with Crippen molar-refractivity contribution in [2.45, 2.75) is 76.3 Å². The van der Waals surface area contributed by atoms with E-state index in [4.69, 9.17) is 0 Å². The van der Waals surface area contributed by atoms with Crippen LogP contribution in [0.15, 0.2) is 106 Å². The van der Waals surface area contributed by atoms with Crippen LogP contribution in [0.2, 0.25) is 0 Å². The third-order valence-electron chi connectivity index (χ3n) is 9.12. The molecule has 2 aliphatic carbocycles. The Morgan fingerprint density at radius 1 is 0.636 bits per heavy atom. The minimum Gasteiger partial charge on any atom is -1.00 e. The van der Waals surface area contributed by atoms with Crippen molar-refractivity contribution in [1.82, 2.24) is 0 Å². The molecule has 6 rings (SSSR count). The van der Waals surface area contributed by atoms with Gasteiger partial charge in [-0.2, -0.15) is 0 Å². The van der Waals surface area contributed by atoms with Crippen LogP contribution in [0.25, 0.3) is 11.1 Å². The molecule has 0 unspecified atom stereocenters. The van der Waals surface area contributed by atoms with Crippen molar-refractivity contribution in [2.75, 3.05) is 0 Å². The van der Waals surface area contributed by atoms with Crippen LogP contribution in [0, 0.1) is 13.8 Å². The van der Waals surface area contributed by atoms with E-state index < -0.39 is 25.8 Å². The first-order valence-electron chi connectivity index (χ1n) is 15.5. The van der Waals surface area contributed by atoms with Crippen LogP contribution in [0.3, 0.4) is 0 Å². The summed E-state index contributed by atoms with van der Waals surface area (Å²) < 4.78 is 2.29. The number of benzene rings is 4. The maximum Gasteiger partial charge on any atom is -1.00 e. The van der Waals surface area contributed by atoms with Gasteiger partial charge in [0, 0.05) is 0 Å². The molecule has 44 heavy (non-hydrogen) atoms. The van der Waals surface area contributed by atoms with Gasteiger partial charge >= 0.3 is 263 Å². The van der Waals surface area contributed by atoms with Gasteiger partial charge in [0.05, 0.1) is 0 Å². The van der Waals surface area contributed by atoms with Gasteiger partial charge in [0.2, 0.25) is 0 Å². The van der Waals surface area contributed by atoms with Crippen molar-refractivity contribution in [3.8, 4) is 11.1 Å². The third-order valence-corrected chi connectivity index (χ3v) is 28.9. The number of hydrogen-bond donors (Lipinski definition) is 0. The van der Waals surface area contributed by atoms with E-state index in [9.17, 15) is 0 Å². The number of rotatable bonds is 4. The summed E-state index contributed by atoms with van der Waals surface area (Å²) in [5, 5.41) is 3.16. The molecule has 0 amide bonds. The Morgan fingerprint density at radius 3 is 1.43 bits per heavy atom. The molecule has 4 aromatic carbocycles. The molecular formula is C40H44Cl2SiZr. The Hall–Kier alpha value is -1.96. The van der Waals surface area contributed by atoms with Crippen LogP contribution in [0.5, 0.6) is 0 Å². The molecule has 0 bridgehead atoms. The molecule has 0 saturated carbocycles. The van der Waals surface area contributed by atoms with Crippen molar-refractivity contribution in [2.24, 2.45) is 0 Å². The quantitative estimate of drug-likeness (QED) is 0.285. The molecular weight excluding hydrogens is 671 g/mol. The fourth-order valence-corrected chi connectivity index (χ4v) is 29.5. The summed E-state index contributed by atoms with van der Waals surface area (Å²) in [5.41, 5.74) is 11.3. The molecule has 2 aliphatic rings. The van der Waals surface area contributed by atoms with E-state index >= 15 is 0 Å². The number of halogens is 2. The van der Waals surface area contributed by atoms with E-state index in [2.05, 4.69) is 159 Å². The monoisotopic (exact) mass is 712 g/mol. The van der Waals surface area contributed by atoms with Gasteiger partial charge < -0.3 is 24.8 Å². The first kappa shape index (κ1) is 34.9. The Kier molecular flexibility index (Phi) is 10.6. The van der Waals surface area contributed by atoms with Crippen LogP contribution >= 0.6 is 0 Å². The molecule has 0 spiro atoms. The predicted octanol–water partition coefficient (Wildman–Crippen LogP) is 3.24. The minimum atomic E-state index is -2.48. The second kappa shape index (κ2) is 13.4. The molecule has 0 radical (unpaired) electrons. The molecule has 0 nitrogen and oxygen atoms in total. The van der Waals surface area contributed by atoms with Gasteiger partial charge in [-0.3, -0.25) is 0 Å². The summed E-state index contributed by atoms with van der Waals surface area (Å²) in [6, 6.07) is 33.6. The van der Waals surface area contributed by atoms with Crippen molar-refractivity contribution >= 4 is 15.8 Å². The van der Waals surface area contributed by atoms with Gasteiger partial charge in [0.25, 0.3) is 0 Å². The molecule has 226 valence electrons. The number of fused-ring (bicyclic) bond motifs is 3. The Bertz CT molecular complexity index is 1660. The number of hydrogen-bond acceptors (Lipinski definition) is 0. The second-order valence-electron chi connectivity index (χ2n) is 14.3. The Labute approximate surface area is 286 Å². The molecule has 4 heteroatoms. The average molecular weight is 715 g/mol. The van der Waals surface area contributed by atoms with E-state index in [1.165, 1.54) is 33.4 Å². The summed E-state index contributed by atoms with van der Waals surface area (Å²) >= 11 is -2.48. The first-order valence-corrected chi connectivity index (χ1v) is 23.3. The van der Waals surface area contributed by atoms with Crippen molar-refractivity contribution < 1.29 is 45.2 Å². The second-order valence-corrected chi connectivity index (χ2v) is 28.1. The predicted molar refractivity (Wildman–Crippen MR) is 180 cm³/mol. The molecule has 0 aliphatic heterocycles. The largest absolute Gasteiger partial charge is 1.00 e. The van der Waals surface area contributed by atoms with E-state index in [-0.39, 0.29) is 35.6 Å². The molecule has 0 saturated heterocycles. The van der Waals surface area contributed by atoms with Gasteiger partial charge in [-0.05, 0) is 0 Å². The van der Waals surface area contributed by atoms with E-state index in [0.29, 0.717) is 3.63 Å². The smallest absolute Gasteiger partial charge is 1.00 e. The van der Waals surface area contributed by atoms with Gasteiger partial charge in [-0.15, -0.1) is 0 Å². The molecule has 0 atom stereocenters. The van der Waals surface area contributed by atoms with Crippen LogP contribution in [-0.4, -0.2) is 5.43 Å². The van der Waals surface area contributed by atoms with Crippen molar-refractivity contribution in [1.29, 1.82) is 0 Å². The maximum absolute atomic E-state index is 2.62. The molecule has 0 N–H and O–H groups in total.